The minimum Gasteiger partial charge on any atom is -0.495 e. The number of nitrogens with one attached hydrogen (secondary N) is 1. The number of ether oxygens (including phenoxy) is 1. The van der Waals surface area contributed by atoms with E-state index < -0.39 is 0 Å². The third kappa shape index (κ3) is 4.58. The van der Waals surface area contributed by atoms with E-state index in [1.54, 1.807) is 24.7 Å². The van der Waals surface area contributed by atoms with Crippen molar-refractivity contribution in [2.45, 2.75) is 18.6 Å². The number of carbonyl (C=O) groups excluding carboxylic acids is 1. The third-order valence-electron chi connectivity index (χ3n) is 4.31. The highest BCUT2D eigenvalue weighted by Gasteiger charge is 2.18. The first-order valence-electron chi connectivity index (χ1n) is 9.21. The normalized spacial score (nSPS) is 10.9. The lowest BCUT2D eigenvalue weighted by atomic mass is 10.2. The van der Waals surface area contributed by atoms with Crippen molar-refractivity contribution in [1.82, 2.24) is 14.8 Å². The summed E-state index contributed by atoms with van der Waals surface area (Å²) in [7, 11) is 1.58. The molecule has 3 aromatic heterocycles. The zero-order chi connectivity index (χ0) is 20.9. The molecule has 0 saturated heterocycles. The van der Waals surface area contributed by atoms with E-state index in [2.05, 4.69) is 15.5 Å². The molecule has 4 rings (SSSR count). The van der Waals surface area contributed by atoms with Gasteiger partial charge in [0.25, 0.3) is 0 Å². The number of nitrogens with zero attached hydrogens (tertiary/aromatic N) is 3. The van der Waals surface area contributed by atoms with Crippen LogP contribution in [0.4, 0.5) is 5.69 Å². The van der Waals surface area contributed by atoms with Gasteiger partial charge >= 0.3 is 0 Å². The van der Waals surface area contributed by atoms with Crippen LogP contribution in [-0.2, 0) is 11.3 Å². The number of thioether (sulfide) groups is 1. The number of amides is 1. The van der Waals surface area contributed by atoms with Crippen molar-refractivity contribution in [3.8, 4) is 16.5 Å². The highest BCUT2D eigenvalue weighted by Crippen LogP contribution is 2.29. The zero-order valence-electron chi connectivity index (χ0n) is 16.5. The summed E-state index contributed by atoms with van der Waals surface area (Å²) in [5, 5.41) is 14.2. The van der Waals surface area contributed by atoms with Crippen LogP contribution >= 0.6 is 23.1 Å². The average Bonchev–Trinajstić information content (AvgIpc) is 3.49. The van der Waals surface area contributed by atoms with Crippen LogP contribution in [0.15, 0.2) is 63.7 Å². The number of anilines is 1. The van der Waals surface area contributed by atoms with Crippen LogP contribution < -0.4 is 10.1 Å². The van der Waals surface area contributed by atoms with Crippen molar-refractivity contribution in [2.24, 2.45) is 0 Å². The fourth-order valence-corrected chi connectivity index (χ4v) is 4.38. The lowest BCUT2D eigenvalue weighted by molar-refractivity contribution is -0.113. The number of hydrogen-bond donors (Lipinski definition) is 1. The Balaban J connectivity index is 1.50. The Labute approximate surface area is 182 Å². The molecule has 0 unspecified atom stereocenters. The predicted octanol–water partition coefficient (Wildman–Crippen LogP) is 4.70. The molecule has 30 heavy (non-hydrogen) atoms. The summed E-state index contributed by atoms with van der Waals surface area (Å²) in [6.45, 7) is 2.45. The second kappa shape index (κ2) is 9.19. The molecule has 0 spiro atoms. The molecule has 154 valence electrons. The summed E-state index contributed by atoms with van der Waals surface area (Å²) in [6.07, 6.45) is 1.64. The standard InChI is InChI=1S/C21H20N4O3S2/c1-14-7-8-17(27-2)16(11-14)22-19(26)13-30-21-24-23-20(18-6-4-10-29-18)25(21)12-15-5-3-9-28-15/h3-11H,12-13H2,1-2H3,(H,22,26). The highest BCUT2D eigenvalue weighted by molar-refractivity contribution is 7.99. The van der Waals surface area contributed by atoms with Crippen molar-refractivity contribution in [2.75, 3.05) is 18.2 Å². The summed E-state index contributed by atoms with van der Waals surface area (Å²) < 4.78 is 12.8. The van der Waals surface area contributed by atoms with Gasteiger partial charge in [0.2, 0.25) is 5.91 Å². The van der Waals surface area contributed by atoms with E-state index in [0.717, 1.165) is 22.0 Å². The Morgan fingerprint density at radius 3 is 2.90 bits per heavy atom. The molecule has 9 heteroatoms. The number of furan rings is 1. The number of aromatic nitrogens is 3. The number of carbonyl (C=O) groups is 1. The highest BCUT2D eigenvalue weighted by atomic mass is 32.2. The molecule has 1 amide bonds. The minimum atomic E-state index is -0.144. The van der Waals surface area contributed by atoms with Gasteiger partial charge in [0.15, 0.2) is 11.0 Å². The van der Waals surface area contributed by atoms with Crippen LogP contribution in [-0.4, -0.2) is 33.5 Å². The summed E-state index contributed by atoms with van der Waals surface area (Å²) in [6, 6.07) is 13.4. The molecule has 1 N–H and O–H groups in total. The second-order valence-corrected chi connectivity index (χ2v) is 8.38. The smallest absolute Gasteiger partial charge is 0.234 e. The van der Waals surface area contributed by atoms with Gasteiger partial charge in [-0.25, -0.2) is 0 Å². The maximum Gasteiger partial charge on any atom is 0.234 e. The Morgan fingerprint density at radius 2 is 2.17 bits per heavy atom. The molecule has 7 nitrogen and oxygen atoms in total. The van der Waals surface area contributed by atoms with Gasteiger partial charge in [-0.05, 0) is 48.2 Å². The van der Waals surface area contributed by atoms with Crippen LogP contribution in [0.5, 0.6) is 5.75 Å². The number of hydrogen-bond acceptors (Lipinski definition) is 7. The minimum absolute atomic E-state index is 0.144. The van der Waals surface area contributed by atoms with Crippen molar-refractivity contribution in [3.05, 3.63) is 65.4 Å². The molecular formula is C21H20N4O3S2. The molecule has 0 atom stereocenters. The molecule has 1 aromatic carbocycles. The Hall–Kier alpha value is -3.04. The average molecular weight is 441 g/mol. The van der Waals surface area contributed by atoms with E-state index in [9.17, 15) is 4.79 Å². The van der Waals surface area contributed by atoms with E-state index in [0.29, 0.717) is 23.1 Å². The SMILES string of the molecule is COc1ccc(C)cc1NC(=O)CSc1nnc(-c2cccs2)n1Cc1ccco1. The molecule has 0 aliphatic heterocycles. The van der Waals surface area contributed by atoms with E-state index in [4.69, 9.17) is 9.15 Å². The van der Waals surface area contributed by atoms with E-state index in [1.165, 1.54) is 11.8 Å². The molecule has 0 radical (unpaired) electrons. The van der Waals surface area contributed by atoms with Crippen molar-refractivity contribution < 1.29 is 13.9 Å². The van der Waals surface area contributed by atoms with E-state index in [1.807, 2.05) is 59.3 Å². The Bertz CT molecular complexity index is 1120. The van der Waals surface area contributed by atoms with Crippen molar-refractivity contribution >= 4 is 34.7 Å². The summed E-state index contributed by atoms with van der Waals surface area (Å²) in [5.41, 5.74) is 1.69. The van der Waals surface area contributed by atoms with Gasteiger partial charge in [-0.2, -0.15) is 0 Å². The van der Waals surface area contributed by atoms with Gasteiger partial charge in [0, 0.05) is 0 Å². The van der Waals surface area contributed by atoms with Gasteiger partial charge in [0.1, 0.15) is 11.5 Å². The number of benzene rings is 1. The number of methoxy groups -OCH3 is 1. The first-order chi connectivity index (χ1) is 14.6. The Kier molecular flexibility index (Phi) is 6.20. The van der Waals surface area contributed by atoms with Crippen LogP contribution in [0, 0.1) is 6.92 Å². The topological polar surface area (TPSA) is 82.2 Å². The molecule has 3 heterocycles. The molecule has 0 bridgehead atoms. The third-order valence-corrected chi connectivity index (χ3v) is 6.15. The maximum atomic E-state index is 12.6. The fourth-order valence-electron chi connectivity index (χ4n) is 2.92. The predicted molar refractivity (Wildman–Crippen MR) is 118 cm³/mol. The molecule has 0 saturated carbocycles. The van der Waals surface area contributed by atoms with Crippen molar-refractivity contribution in [1.29, 1.82) is 0 Å². The Morgan fingerprint density at radius 1 is 1.27 bits per heavy atom. The van der Waals surface area contributed by atoms with Crippen LogP contribution in [0.1, 0.15) is 11.3 Å². The molecular weight excluding hydrogens is 420 g/mol. The molecule has 0 aliphatic carbocycles. The first kappa shape index (κ1) is 20.2. The van der Waals surface area contributed by atoms with E-state index in [-0.39, 0.29) is 11.7 Å². The van der Waals surface area contributed by atoms with Crippen molar-refractivity contribution in [3.63, 3.8) is 0 Å². The monoisotopic (exact) mass is 440 g/mol. The summed E-state index contributed by atoms with van der Waals surface area (Å²) in [5.74, 6) is 2.22. The van der Waals surface area contributed by atoms with Gasteiger partial charge < -0.3 is 14.5 Å². The number of rotatable bonds is 8. The van der Waals surface area contributed by atoms with Crippen LogP contribution in [0.25, 0.3) is 10.7 Å². The first-order valence-corrected chi connectivity index (χ1v) is 11.1. The van der Waals surface area contributed by atoms with Gasteiger partial charge in [-0.15, -0.1) is 21.5 Å². The lowest BCUT2D eigenvalue weighted by Crippen LogP contribution is -2.15. The number of aryl methyl sites for hydroxylation is 1. The second-order valence-electron chi connectivity index (χ2n) is 6.49. The fraction of sp³-hybridized carbons (Fsp3) is 0.190. The summed E-state index contributed by atoms with van der Waals surface area (Å²) in [4.78, 5) is 13.6. The van der Waals surface area contributed by atoms with E-state index >= 15 is 0 Å². The van der Waals surface area contributed by atoms with Gasteiger partial charge in [-0.3, -0.25) is 9.36 Å². The van der Waals surface area contributed by atoms with Crippen LogP contribution in [0.3, 0.4) is 0 Å². The summed E-state index contributed by atoms with van der Waals surface area (Å²) >= 11 is 2.92. The maximum absolute atomic E-state index is 12.6. The largest absolute Gasteiger partial charge is 0.495 e. The molecule has 4 aromatic rings. The zero-order valence-corrected chi connectivity index (χ0v) is 18.1. The quantitative estimate of drug-likeness (QED) is 0.400. The molecule has 0 aliphatic rings. The van der Waals surface area contributed by atoms with Gasteiger partial charge in [-0.1, -0.05) is 23.9 Å². The molecule has 0 fully saturated rings. The van der Waals surface area contributed by atoms with Gasteiger partial charge in [0.05, 0.1) is 36.2 Å². The lowest BCUT2D eigenvalue weighted by Gasteiger charge is -2.11. The number of thiophene rings is 1. The van der Waals surface area contributed by atoms with Crippen LogP contribution in [0.2, 0.25) is 0 Å².